The van der Waals surface area contributed by atoms with E-state index in [0.29, 0.717) is 11.3 Å². The van der Waals surface area contributed by atoms with Crippen LogP contribution in [0.25, 0.3) is 92.9 Å². The zero-order valence-corrected chi connectivity index (χ0v) is 25.9. The van der Waals surface area contributed by atoms with Gasteiger partial charge in [-0.05, 0) is 90.0 Å². The van der Waals surface area contributed by atoms with Crippen LogP contribution in [0, 0.1) is 17.9 Å². The molecule has 0 saturated heterocycles. The van der Waals surface area contributed by atoms with Gasteiger partial charge in [-0.1, -0.05) is 48.5 Å². The highest BCUT2D eigenvalue weighted by Gasteiger charge is 2.18. The molecule has 0 saturated carbocycles. The molecule has 0 spiro atoms. The summed E-state index contributed by atoms with van der Waals surface area (Å²) in [7, 11) is 0. The smallest absolute Gasteiger partial charge is 0.189 e. The SMILES string of the molecule is [C-]#[N+]c1cc(-c2cccc(-n3c4cnccc4c4cc5oc6ccccc6c5cc43)c2)cc(-n2c3ccccc3c3cc(C#N)ccc32)c1. The molecule has 0 aliphatic rings. The minimum Gasteiger partial charge on any atom is -0.456 e. The van der Waals surface area contributed by atoms with Gasteiger partial charge in [-0.25, -0.2) is 4.85 Å². The number of nitrogens with zero attached hydrogens (tertiary/aromatic N) is 5. The maximum Gasteiger partial charge on any atom is 0.189 e. The highest BCUT2D eigenvalue weighted by molar-refractivity contribution is 6.17. The van der Waals surface area contributed by atoms with E-state index in [-0.39, 0.29) is 0 Å². The second-order valence-electron chi connectivity index (χ2n) is 12.3. The maximum absolute atomic E-state index is 9.61. The summed E-state index contributed by atoms with van der Waals surface area (Å²) >= 11 is 0. The minimum absolute atomic E-state index is 0.549. The summed E-state index contributed by atoms with van der Waals surface area (Å²) in [6, 6.07) is 45.3. The first-order chi connectivity index (χ1) is 24.2. The zero-order valence-electron chi connectivity index (χ0n) is 25.9. The molecule has 4 aromatic heterocycles. The van der Waals surface area contributed by atoms with Gasteiger partial charge in [0.15, 0.2) is 5.69 Å². The Morgan fingerprint density at radius 1 is 0.571 bits per heavy atom. The average molecular weight is 626 g/mol. The quantitative estimate of drug-likeness (QED) is 0.184. The predicted octanol–water partition coefficient (Wildman–Crippen LogP) is 11.3. The van der Waals surface area contributed by atoms with E-state index in [0.717, 1.165) is 88.1 Å². The molecule has 226 valence electrons. The number of benzene rings is 6. The van der Waals surface area contributed by atoms with Gasteiger partial charge >= 0.3 is 0 Å². The van der Waals surface area contributed by atoms with E-state index in [9.17, 15) is 5.26 Å². The van der Waals surface area contributed by atoms with Crippen molar-refractivity contribution in [1.29, 1.82) is 5.26 Å². The molecule has 0 radical (unpaired) electrons. The van der Waals surface area contributed by atoms with Gasteiger partial charge in [0.1, 0.15) is 11.2 Å². The molecule has 0 aliphatic heterocycles. The average Bonchev–Trinajstić information content (AvgIpc) is 3.80. The maximum atomic E-state index is 9.61. The normalized spacial score (nSPS) is 11.6. The molecule has 0 bridgehead atoms. The van der Waals surface area contributed by atoms with Gasteiger partial charge in [0.05, 0.1) is 46.5 Å². The predicted molar refractivity (Wildman–Crippen MR) is 197 cm³/mol. The third kappa shape index (κ3) is 3.96. The molecular weight excluding hydrogens is 603 g/mol. The molecule has 10 rings (SSSR count). The van der Waals surface area contributed by atoms with E-state index in [1.807, 2.05) is 73.1 Å². The van der Waals surface area contributed by atoms with Crippen LogP contribution < -0.4 is 0 Å². The number of hydrogen-bond acceptors (Lipinski definition) is 3. The number of rotatable bonds is 3. The lowest BCUT2D eigenvalue weighted by Crippen LogP contribution is -1.96. The number of pyridine rings is 1. The van der Waals surface area contributed by atoms with E-state index < -0.39 is 0 Å². The number of nitriles is 1. The Balaban J connectivity index is 1.20. The molecule has 6 heteroatoms. The molecule has 6 aromatic carbocycles. The largest absolute Gasteiger partial charge is 0.456 e. The molecule has 10 aromatic rings. The number of furan rings is 1. The van der Waals surface area contributed by atoms with Crippen LogP contribution in [0.5, 0.6) is 0 Å². The van der Waals surface area contributed by atoms with Gasteiger partial charge in [-0.3, -0.25) is 4.98 Å². The van der Waals surface area contributed by atoms with Crippen molar-refractivity contribution in [3.05, 3.63) is 157 Å². The summed E-state index contributed by atoms with van der Waals surface area (Å²) < 4.78 is 10.7. The molecule has 0 fully saturated rings. The Labute approximate surface area is 279 Å². The van der Waals surface area contributed by atoms with Crippen LogP contribution >= 0.6 is 0 Å². The van der Waals surface area contributed by atoms with Crippen LogP contribution in [0.15, 0.2) is 144 Å². The standard InChI is InChI=1S/C43H23N5O/c1-45-29-18-28(20-31(21-29)48-38-11-4-2-9-32(38)35-17-26(24-44)13-14-39(35)48)27-7-6-8-30(19-27)47-40-22-37-34-10-3-5-12-42(34)49-43(37)23-36(40)33-15-16-46-25-41(33)47/h2-23,25H. The van der Waals surface area contributed by atoms with Crippen molar-refractivity contribution in [3.8, 4) is 28.6 Å². The van der Waals surface area contributed by atoms with Crippen LogP contribution in [0.1, 0.15) is 5.56 Å². The topological polar surface area (TPSA) is 64.0 Å². The van der Waals surface area contributed by atoms with Crippen LogP contribution in [-0.2, 0) is 0 Å². The zero-order chi connectivity index (χ0) is 32.6. The molecule has 0 atom stereocenters. The van der Waals surface area contributed by atoms with Crippen molar-refractivity contribution >= 4 is 71.2 Å². The van der Waals surface area contributed by atoms with Gasteiger partial charge in [-0.2, -0.15) is 5.26 Å². The summed E-state index contributed by atoms with van der Waals surface area (Å²) in [6.07, 6.45) is 3.75. The van der Waals surface area contributed by atoms with E-state index >= 15 is 0 Å². The fourth-order valence-electron chi connectivity index (χ4n) is 7.46. The summed E-state index contributed by atoms with van der Waals surface area (Å²) in [5, 5.41) is 16.0. The van der Waals surface area contributed by atoms with Crippen molar-refractivity contribution < 1.29 is 4.42 Å². The Kier molecular flexibility index (Phi) is 5.61. The van der Waals surface area contributed by atoms with Crippen molar-refractivity contribution in [2.75, 3.05) is 0 Å². The molecular formula is C43H23N5O. The Morgan fingerprint density at radius 2 is 1.35 bits per heavy atom. The molecule has 4 heterocycles. The first-order valence-corrected chi connectivity index (χ1v) is 15.9. The molecule has 6 nitrogen and oxygen atoms in total. The fraction of sp³-hybridized carbons (Fsp3) is 0. The van der Waals surface area contributed by atoms with Gasteiger partial charge in [0, 0.05) is 49.9 Å². The molecule has 49 heavy (non-hydrogen) atoms. The van der Waals surface area contributed by atoms with Gasteiger partial charge < -0.3 is 13.6 Å². The number of fused-ring (bicyclic) bond motifs is 9. The van der Waals surface area contributed by atoms with E-state index in [4.69, 9.17) is 11.0 Å². The van der Waals surface area contributed by atoms with Crippen molar-refractivity contribution in [2.24, 2.45) is 0 Å². The van der Waals surface area contributed by atoms with E-state index in [1.54, 1.807) is 0 Å². The van der Waals surface area contributed by atoms with Crippen molar-refractivity contribution in [3.63, 3.8) is 0 Å². The summed E-state index contributed by atoms with van der Waals surface area (Å²) in [6.45, 7) is 8.01. The highest BCUT2D eigenvalue weighted by atomic mass is 16.3. The highest BCUT2D eigenvalue weighted by Crippen LogP contribution is 2.40. The van der Waals surface area contributed by atoms with E-state index in [2.05, 4.69) is 91.8 Å². The lowest BCUT2D eigenvalue weighted by molar-refractivity contribution is 0.669. The Hall–Kier alpha value is -7.15. The lowest BCUT2D eigenvalue weighted by atomic mass is 10.0. The number of aromatic nitrogens is 3. The summed E-state index contributed by atoms with van der Waals surface area (Å²) in [5.41, 5.74) is 10.8. The molecule has 0 unspecified atom stereocenters. The van der Waals surface area contributed by atoms with Gasteiger partial charge in [0.25, 0.3) is 0 Å². The lowest BCUT2D eigenvalue weighted by Gasteiger charge is -2.13. The van der Waals surface area contributed by atoms with Gasteiger partial charge in [-0.15, -0.1) is 0 Å². The van der Waals surface area contributed by atoms with Crippen LogP contribution in [0.4, 0.5) is 5.69 Å². The first kappa shape index (κ1) is 27.0. The Bertz CT molecular complexity index is 3090. The fourth-order valence-corrected chi connectivity index (χ4v) is 7.46. The molecule has 0 aliphatic carbocycles. The summed E-state index contributed by atoms with van der Waals surface area (Å²) in [4.78, 5) is 8.40. The van der Waals surface area contributed by atoms with Crippen molar-refractivity contribution in [2.45, 2.75) is 0 Å². The number of para-hydroxylation sites is 2. The Morgan fingerprint density at radius 3 is 2.24 bits per heavy atom. The molecule has 0 N–H and O–H groups in total. The van der Waals surface area contributed by atoms with Gasteiger partial charge in [0.2, 0.25) is 0 Å². The van der Waals surface area contributed by atoms with Crippen LogP contribution in [0.2, 0.25) is 0 Å². The molecule has 0 amide bonds. The van der Waals surface area contributed by atoms with Crippen LogP contribution in [-0.4, -0.2) is 14.1 Å². The van der Waals surface area contributed by atoms with E-state index in [1.165, 1.54) is 0 Å². The monoisotopic (exact) mass is 625 g/mol. The second kappa shape index (κ2) is 10.2. The minimum atomic E-state index is 0.549. The number of hydrogen-bond donors (Lipinski definition) is 0. The first-order valence-electron chi connectivity index (χ1n) is 15.9. The van der Waals surface area contributed by atoms with Crippen molar-refractivity contribution in [1.82, 2.24) is 14.1 Å². The third-order valence-electron chi connectivity index (χ3n) is 9.60. The summed E-state index contributed by atoms with van der Waals surface area (Å²) in [5.74, 6) is 0. The van der Waals surface area contributed by atoms with Crippen LogP contribution in [0.3, 0.4) is 0 Å². The second-order valence-corrected chi connectivity index (χ2v) is 12.3. The third-order valence-corrected chi connectivity index (χ3v) is 9.60.